The Morgan fingerprint density at radius 1 is 1.43 bits per heavy atom. The number of hydrogen-bond acceptors (Lipinski definition) is 4. The molecule has 1 fully saturated rings. The summed E-state index contributed by atoms with van der Waals surface area (Å²) < 4.78 is 33.3. The number of halogens is 1. The summed E-state index contributed by atoms with van der Waals surface area (Å²) >= 11 is 6.06. The molecule has 2 rings (SSSR count). The SMILES string of the molecule is CCOc1cc(C)c(Cl)cc1S(=O)(=O)N[C@@H]1CC[C@@H](N)C1. The van der Waals surface area contributed by atoms with Crippen LogP contribution in [0.5, 0.6) is 5.75 Å². The molecule has 1 aliphatic rings. The van der Waals surface area contributed by atoms with Gasteiger partial charge >= 0.3 is 0 Å². The highest BCUT2D eigenvalue weighted by molar-refractivity contribution is 7.89. The normalized spacial score (nSPS) is 22.5. The molecule has 0 bridgehead atoms. The number of hydrogen-bond donors (Lipinski definition) is 2. The summed E-state index contributed by atoms with van der Waals surface area (Å²) in [4.78, 5) is 0.0837. The van der Waals surface area contributed by atoms with Crippen LogP contribution in [0.3, 0.4) is 0 Å². The van der Waals surface area contributed by atoms with Crippen LogP contribution in [0.25, 0.3) is 0 Å². The maximum absolute atomic E-state index is 12.6. The molecule has 118 valence electrons. The Morgan fingerprint density at radius 2 is 2.14 bits per heavy atom. The van der Waals surface area contributed by atoms with Gasteiger partial charge in [0.15, 0.2) is 0 Å². The minimum atomic E-state index is -3.67. The van der Waals surface area contributed by atoms with Gasteiger partial charge in [-0.2, -0.15) is 0 Å². The molecule has 0 saturated heterocycles. The standard InChI is InChI=1S/C14H21ClN2O3S/c1-3-20-13-6-9(2)12(15)8-14(13)21(18,19)17-11-5-4-10(16)7-11/h6,8,10-11,17H,3-5,7,16H2,1-2H3/t10-,11-/m1/s1. The van der Waals surface area contributed by atoms with Crippen LogP contribution in [0.4, 0.5) is 0 Å². The van der Waals surface area contributed by atoms with E-state index in [2.05, 4.69) is 4.72 Å². The summed E-state index contributed by atoms with van der Waals surface area (Å²) in [5, 5.41) is 0.405. The maximum Gasteiger partial charge on any atom is 0.244 e. The van der Waals surface area contributed by atoms with Crippen molar-refractivity contribution in [1.82, 2.24) is 4.72 Å². The third kappa shape index (κ3) is 3.88. The molecule has 1 aromatic rings. The van der Waals surface area contributed by atoms with Crippen molar-refractivity contribution in [2.24, 2.45) is 5.73 Å². The number of benzene rings is 1. The van der Waals surface area contributed by atoms with Gasteiger partial charge in [0, 0.05) is 17.1 Å². The van der Waals surface area contributed by atoms with Crippen molar-refractivity contribution in [3.63, 3.8) is 0 Å². The Labute approximate surface area is 130 Å². The van der Waals surface area contributed by atoms with E-state index in [0.29, 0.717) is 23.8 Å². The molecule has 21 heavy (non-hydrogen) atoms. The number of nitrogens with one attached hydrogen (secondary N) is 1. The predicted molar refractivity (Wildman–Crippen MR) is 83.3 cm³/mol. The summed E-state index contributed by atoms with van der Waals surface area (Å²) in [5.41, 5.74) is 6.60. The highest BCUT2D eigenvalue weighted by Gasteiger charge is 2.29. The van der Waals surface area contributed by atoms with Crippen molar-refractivity contribution in [1.29, 1.82) is 0 Å². The Kier molecular flexibility index (Phi) is 5.14. The molecule has 1 aromatic carbocycles. The zero-order valence-corrected chi connectivity index (χ0v) is 13.8. The highest BCUT2D eigenvalue weighted by atomic mass is 35.5. The van der Waals surface area contributed by atoms with Gasteiger partial charge in [0.05, 0.1) is 6.61 Å². The van der Waals surface area contributed by atoms with Crippen molar-refractivity contribution >= 4 is 21.6 Å². The Bertz CT molecular complexity index is 619. The fourth-order valence-corrected chi connectivity index (χ4v) is 4.19. The lowest BCUT2D eigenvalue weighted by molar-refractivity contribution is 0.330. The summed E-state index contributed by atoms with van der Waals surface area (Å²) in [6.45, 7) is 4.01. The highest BCUT2D eigenvalue weighted by Crippen LogP contribution is 2.31. The van der Waals surface area contributed by atoms with Gasteiger partial charge in [-0.1, -0.05) is 11.6 Å². The van der Waals surface area contributed by atoms with Crippen molar-refractivity contribution < 1.29 is 13.2 Å². The molecule has 1 aliphatic carbocycles. The second kappa shape index (κ2) is 6.52. The quantitative estimate of drug-likeness (QED) is 0.866. The van der Waals surface area contributed by atoms with Crippen LogP contribution in [0.15, 0.2) is 17.0 Å². The number of sulfonamides is 1. The molecule has 0 aromatic heterocycles. The van der Waals surface area contributed by atoms with E-state index in [1.54, 1.807) is 6.07 Å². The van der Waals surface area contributed by atoms with Gasteiger partial charge < -0.3 is 10.5 Å². The third-order valence-corrected chi connectivity index (χ3v) is 5.56. The average Bonchev–Trinajstić information content (AvgIpc) is 2.78. The Balaban J connectivity index is 2.32. The van der Waals surface area contributed by atoms with E-state index in [0.717, 1.165) is 18.4 Å². The lowest BCUT2D eigenvalue weighted by atomic mass is 10.2. The van der Waals surface area contributed by atoms with Crippen LogP contribution in [-0.4, -0.2) is 27.1 Å². The summed E-state index contributed by atoms with van der Waals surface area (Å²) in [5.74, 6) is 0.328. The van der Waals surface area contributed by atoms with Gasteiger partial charge in [-0.15, -0.1) is 0 Å². The fraction of sp³-hybridized carbons (Fsp3) is 0.571. The second-order valence-corrected chi connectivity index (χ2v) is 7.46. The van der Waals surface area contributed by atoms with Crippen molar-refractivity contribution in [2.75, 3.05) is 6.61 Å². The molecule has 3 N–H and O–H groups in total. The van der Waals surface area contributed by atoms with Crippen LogP contribution in [0.1, 0.15) is 31.7 Å². The zero-order chi connectivity index (χ0) is 15.6. The maximum atomic E-state index is 12.6. The monoisotopic (exact) mass is 332 g/mol. The van der Waals surface area contributed by atoms with Gasteiger partial charge in [-0.3, -0.25) is 0 Å². The van der Waals surface area contributed by atoms with E-state index in [1.165, 1.54) is 6.07 Å². The largest absolute Gasteiger partial charge is 0.492 e. The fourth-order valence-electron chi connectivity index (χ4n) is 2.52. The van der Waals surface area contributed by atoms with E-state index in [9.17, 15) is 8.42 Å². The third-order valence-electron chi connectivity index (χ3n) is 3.61. The lowest BCUT2D eigenvalue weighted by Crippen LogP contribution is -2.34. The first-order chi connectivity index (χ1) is 9.83. The zero-order valence-electron chi connectivity index (χ0n) is 12.2. The predicted octanol–water partition coefficient (Wildman–Crippen LogP) is 2.21. The number of aryl methyl sites for hydroxylation is 1. The number of ether oxygens (including phenoxy) is 1. The molecule has 5 nitrogen and oxygen atoms in total. The van der Waals surface area contributed by atoms with Gasteiger partial charge in [0.25, 0.3) is 0 Å². The first-order valence-corrected chi connectivity index (χ1v) is 8.90. The molecular formula is C14H21ClN2O3S. The van der Waals surface area contributed by atoms with Gasteiger partial charge in [-0.25, -0.2) is 13.1 Å². The van der Waals surface area contributed by atoms with Crippen LogP contribution >= 0.6 is 11.6 Å². The number of rotatable bonds is 5. The second-order valence-electron chi connectivity index (χ2n) is 5.37. The summed E-state index contributed by atoms with van der Waals surface area (Å²) in [7, 11) is -3.67. The molecule has 7 heteroatoms. The smallest absolute Gasteiger partial charge is 0.244 e. The van der Waals surface area contributed by atoms with Gasteiger partial charge in [0.1, 0.15) is 10.6 Å². The minimum absolute atomic E-state index is 0.0608. The molecule has 0 spiro atoms. The van der Waals surface area contributed by atoms with E-state index in [1.807, 2.05) is 13.8 Å². The van der Waals surface area contributed by atoms with Crippen LogP contribution in [0, 0.1) is 6.92 Å². The first kappa shape index (κ1) is 16.5. The van der Waals surface area contributed by atoms with Crippen molar-refractivity contribution in [3.8, 4) is 5.75 Å². The van der Waals surface area contributed by atoms with E-state index >= 15 is 0 Å². The Hall–Kier alpha value is -0.820. The Morgan fingerprint density at radius 3 is 2.71 bits per heavy atom. The summed E-state index contributed by atoms with van der Waals surface area (Å²) in [6.07, 6.45) is 2.24. The molecule has 0 amide bonds. The molecular weight excluding hydrogens is 312 g/mol. The van der Waals surface area contributed by atoms with Crippen LogP contribution in [-0.2, 0) is 10.0 Å². The van der Waals surface area contributed by atoms with Crippen LogP contribution < -0.4 is 15.2 Å². The van der Waals surface area contributed by atoms with Crippen molar-refractivity contribution in [2.45, 2.75) is 50.1 Å². The van der Waals surface area contributed by atoms with E-state index < -0.39 is 10.0 Å². The van der Waals surface area contributed by atoms with Gasteiger partial charge in [0.2, 0.25) is 10.0 Å². The molecule has 0 aliphatic heterocycles. The number of nitrogens with two attached hydrogens (primary N) is 1. The summed E-state index contributed by atoms with van der Waals surface area (Å²) in [6, 6.07) is 3.03. The van der Waals surface area contributed by atoms with E-state index in [4.69, 9.17) is 22.1 Å². The topological polar surface area (TPSA) is 81.4 Å². The minimum Gasteiger partial charge on any atom is -0.492 e. The molecule has 0 heterocycles. The molecule has 2 atom stereocenters. The molecule has 0 unspecified atom stereocenters. The van der Waals surface area contributed by atoms with Crippen molar-refractivity contribution in [3.05, 3.63) is 22.7 Å². The average molecular weight is 333 g/mol. The first-order valence-electron chi connectivity index (χ1n) is 7.04. The molecule has 0 radical (unpaired) electrons. The molecule has 1 saturated carbocycles. The lowest BCUT2D eigenvalue weighted by Gasteiger charge is -2.16. The van der Waals surface area contributed by atoms with E-state index in [-0.39, 0.29) is 17.0 Å². The van der Waals surface area contributed by atoms with Gasteiger partial charge in [-0.05, 0) is 50.8 Å². The van der Waals surface area contributed by atoms with Crippen LogP contribution in [0.2, 0.25) is 5.02 Å².